The van der Waals surface area contributed by atoms with Gasteiger partial charge in [0, 0.05) is 19.3 Å². The van der Waals surface area contributed by atoms with E-state index in [-0.39, 0.29) is 0 Å². The molecule has 2 heteroatoms. The molecule has 0 saturated heterocycles. The zero-order chi connectivity index (χ0) is 13.0. The Bertz CT molecular complexity index is 371. The van der Waals surface area contributed by atoms with E-state index in [1.807, 2.05) is 0 Å². The predicted molar refractivity (Wildman–Crippen MR) is 76.8 cm³/mol. The van der Waals surface area contributed by atoms with Crippen LogP contribution in [0.5, 0.6) is 0 Å². The van der Waals surface area contributed by atoms with Gasteiger partial charge in [0.15, 0.2) is 0 Å². The highest BCUT2D eigenvalue weighted by atomic mass is 15.1. The summed E-state index contributed by atoms with van der Waals surface area (Å²) in [6, 6.07) is 4.44. The fraction of sp³-hybridized carbons (Fsp3) is 0.600. The molecule has 0 aliphatic rings. The van der Waals surface area contributed by atoms with Crippen LogP contribution in [0.15, 0.2) is 12.1 Å². The third kappa shape index (κ3) is 3.47. The van der Waals surface area contributed by atoms with Crippen LogP contribution < -0.4 is 10.6 Å². The summed E-state index contributed by atoms with van der Waals surface area (Å²) in [6.45, 7) is 10.7. The summed E-state index contributed by atoms with van der Waals surface area (Å²) < 4.78 is 0. The smallest absolute Gasteiger partial charge is 0.0396 e. The molecule has 1 rings (SSSR count). The van der Waals surface area contributed by atoms with Gasteiger partial charge in [-0.1, -0.05) is 13.0 Å². The minimum Gasteiger partial charge on any atom is -0.374 e. The number of rotatable bonds is 5. The maximum Gasteiger partial charge on any atom is 0.0396 e. The number of anilines is 1. The SMILES string of the molecule is Cc1ccc(N(C)CC(C)CCN)c(C)c1C. The highest BCUT2D eigenvalue weighted by Gasteiger charge is 2.10. The minimum atomic E-state index is 0.644. The molecule has 1 aromatic carbocycles. The predicted octanol–water partition coefficient (Wildman–Crippen LogP) is 3.03. The highest BCUT2D eigenvalue weighted by Crippen LogP contribution is 2.25. The van der Waals surface area contributed by atoms with Crippen molar-refractivity contribution in [2.75, 3.05) is 25.0 Å². The molecule has 0 heterocycles. The number of benzene rings is 1. The zero-order valence-electron chi connectivity index (χ0n) is 11.9. The van der Waals surface area contributed by atoms with Crippen LogP contribution in [-0.2, 0) is 0 Å². The summed E-state index contributed by atoms with van der Waals surface area (Å²) in [7, 11) is 2.17. The number of hydrogen-bond donors (Lipinski definition) is 1. The molecule has 0 saturated carbocycles. The third-order valence-corrected chi connectivity index (χ3v) is 3.69. The van der Waals surface area contributed by atoms with Gasteiger partial charge in [0.1, 0.15) is 0 Å². The summed E-state index contributed by atoms with van der Waals surface area (Å²) in [6.07, 6.45) is 1.09. The van der Waals surface area contributed by atoms with Gasteiger partial charge in [0.2, 0.25) is 0 Å². The Labute approximate surface area is 106 Å². The quantitative estimate of drug-likeness (QED) is 0.848. The maximum absolute atomic E-state index is 5.60. The molecule has 0 radical (unpaired) electrons. The van der Waals surface area contributed by atoms with Crippen molar-refractivity contribution in [3.8, 4) is 0 Å². The van der Waals surface area contributed by atoms with E-state index in [9.17, 15) is 0 Å². The van der Waals surface area contributed by atoms with Crippen molar-refractivity contribution in [2.24, 2.45) is 11.7 Å². The van der Waals surface area contributed by atoms with E-state index in [0.29, 0.717) is 5.92 Å². The monoisotopic (exact) mass is 234 g/mol. The van der Waals surface area contributed by atoms with Crippen LogP contribution in [0.3, 0.4) is 0 Å². The molecule has 2 nitrogen and oxygen atoms in total. The first-order chi connectivity index (χ1) is 7.97. The van der Waals surface area contributed by atoms with Crippen molar-refractivity contribution in [2.45, 2.75) is 34.1 Å². The summed E-state index contributed by atoms with van der Waals surface area (Å²) >= 11 is 0. The molecule has 2 N–H and O–H groups in total. The summed E-state index contributed by atoms with van der Waals surface area (Å²) in [4.78, 5) is 2.35. The third-order valence-electron chi connectivity index (χ3n) is 3.69. The fourth-order valence-electron chi connectivity index (χ4n) is 2.30. The van der Waals surface area contributed by atoms with Gasteiger partial charge < -0.3 is 10.6 Å². The Hall–Kier alpha value is -1.02. The molecule has 0 aromatic heterocycles. The van der Waals surface area contributed by atoms with Crippen LogP contribution >= 0.6 is 0 Å². The number of nitrogens with zero attached hydrogens (tertiary/aromatic N) is 1. The molecule has 1 atom stereocenters. The van der Waals surface area contributed by atoms with Crippen molar-refractivity contribution < 1.29 is 0 Å². The maximum atomic E-state index is 5.60. The van der Waals surface area contributed by atoms with Crippen LogP contribution in [0.25, 0.3) is 0 Å². The molecule has 1 aromatic rings. The van der Waals surface area contributed by atoms with Gasteiger partial charge in [0.25, 0.3) is 0 Å². The van der Waals surface area contributed by atoms with Gasteiger partial charge in [0.05, 0.1) is 0 Å². The van der Waals surface area contributed by atoms with E-state index >= 15 is 0 Å². The molecule has 0 aliphatic heterocycles. The van der Waals surface area contributed by atoms with Crippen LogP contribution in [0.4, 0.5) is 5.69 Å². The van der Waals surface area contributed by atoms with Gasteiger partial charge in [-0.15, -0.1) is 0 Å². The van der Waals surface area contributed by atoms with Crippen molar-refractivity contribution >= 4 is 5.69 Å². The van der Waals surface area contributed by atoms with Crippen LogP contribution in [0.1, 0.15) is 30.0 Å². The molecule has 0 fully saturated rings. The van der Waals surface area contributed by atoms with Crippen molar-refractivity contribution in [1.82, 2.24) is 0 Å². The Kier molecular flexibility index (Phi) is 5.01. The van der Waals surface area contributed by atoms with E-state index < -0.39 is 0 Å². The highest BCUT2D eigenvalue weighted by molar-refractivity contribution is 5.57. The van der Waals surface area contributed by atoms with Crippen molar-refractivity contribution in [1.29, 1.82) is 0 Å². The Morgan fingerprint density at radius 3 is 2.41 bits per heavy atom. The standard InChI is InChI=1S/C15H26N2/c1-11(8-9-16)10-17(5)15-7-6-12(2)13(3)14(15)4/h6-7,11H,8-10,16H2,1-5H3. The van der Waals surface area contributed by atoms with E-state index in [2.05, 4.69) is 51.8 Å². The van der Waals surface area contributed by atoms with Gasteiger partial charge in [-0.2, -0.15) is 0 Å². The van der Waals surface area contributed by atoms with Crippen molar-refractivity contribution in [3.63, 3.8) is 0 Å². The summed E-state index contributed by atoms with van der Waals surface area (Å²) in [5.74, 6) is 0.644. The first-order valence-corrected chi connectivity index (χ1v) is 6.45. The average Bonchev–Trinajstić information content (AvgIpc) is 2.26. The fourth-order valence-corrected chi connectivity index (χ4v) is 2.30. The average molecular weight is 234 g/mol. The Morgan fingerprint density at radius 2 is 1.82 bits per heavy atom. The second-order valence-corrected chi connectivity index (χ2v) is 5.21. The molecule has 0 bridgehead atoms. The largest absolute Gasteiger partial charge is 0.374 e. The van der Waals surface area contributed by atoms with Gasteiger partial charge in [-0.05, 0) is 62.4 Å². The van der Waals surface area contributed by atoms with E-state index in [0.717, 1.165) is 19.5 Å². The lowest BCUT2D eigenvalue weighted by atomic mass is 10.0. The number of hydrogen-bond acceptors (Lipinski definition) is 2. The molecular formula is C15H26N2. The number of aryl methyl sites for hydroxylation is 1. The Morgan fingerprint density at radius 1 is 1.18 bits per heavy atom. The summed E-state index contributed by atoms with van der Waals surface area (Å²) in [5.41, 5.74) is 11.1. The normalized spacial score (nSPS) is 12.6. The number of nitrogens with two attached hydrogens (primary N) is 1. The molecule has 0 spiro atoms. The van der Waals surface area contributed by atoms with Gasteiger partial charge in [-0.3, -0.25) is 0 Å². The second kappa shape index (κ2) is 6.06. The molecular weight excluding hydrogens is 208 g/mol. The first kappa shape index (κ1) is 14.0. The molecule has 96 valence electrons. The second-order valence-electron chi connectivity index (χ2n) is 5.21. The van der Waals surface area contributed by atoms with Crippen LogP contribution in [0, 0.1) is 26.7 Å². The lowest BCUT2D eigenvalue weighted by Crippen LogP contribution is -2.26. The van der Waals surface area contributed by atoms with Crippen molar-refractivity contribution in [3.05, 3.63) is 28.8 Å². The molecule has 1 unspecified atom stereocenters. The lowest BCUT2D eigenvalue weighted by molar-refractivity contribution is 0.539. The van der Waals surface area contributed by atoms with Crippen LogP contribution in [0.2, 0.25) is 0 Å². The summed E-state index contributed by atoms with van der Waals surface area (Å²) in [5, 5.41) is 0. The van der Waals surface area contributed by atoms with Gasteiger partial charge >= 0.3 is 0 Å². The van der Waals surface area contributed by atoms with E-state index in [1.165, 1.54) is 22.4 Å². The molecule has 0 amide bonds. The van der Waals surface area contributed by atoms with Crippen LogP contribution in [-0.4, -0.2) is 20.1 Å². The lowest BCUT2D eigenvalue weighted by Gasteiger charge is -2.26. The van der Waals surface area contributed by atoms with E-state index in [4.69, 9.17) is 5.73 Å². The minimum absolute atomic E-state index is 0.644. The van der Waals surface area contributed by atoms with E-state index in [1.54, 1.807) is 0 Å². The molecule has 17 heavy (non-hydrogen) atoms. The molecule has 0 aliphatic carbocycles. The topological polar surface area (TPSA) is 29.3 Å². The Balaban J connectivity index is 2.82. The first-order valence-electron chi connectivity index (χ1n) is 6.45. The van der Waals surface area contributed by atoms with Gasteiger partial charge in [-0.25, -0.2) is 0 Å². The zero-order valence-corrected chi connectivity index (χ0v) is 11.9.